The van der Waals surface area contributed by atoms with Crippen LogP contribution in [-0.4, -0.2) is 65.4 Å². The molecule has 2 heterocycles. The third kappa shape index (κ3) is 4.32. The summed E-state index contributed by atoms with van der Waals surface area (Å²) in [5, 5.41) is 12.6. The van der Waals surface area contributed by atoms with Gasteiger partial charge in [-0.15, -0.1) is 0 Å². The molecule has 1 aromatic rings. The van der Waals surface area contributed by atoms with Gasteiger partial charge in [-0.3, -0.25) is 14.7 Å². The number of rotatable bonds is 6. The first-order valence-electron chi connectivity index (χ1n) is 8.91. The number of pyridine rings is 1. The first-order valence-corrected chi connectivity index (χ1v) is 8.91. The van der Waals surface area contributed by atoms with Crippen molar-refractivity contribution in [1.82, 2.24) is 15.2 Å². The molecule has 2 N–H and O–H groups in total. The minimum absolute atomic E-state index is 0.0327. The summed E-state index contributed by atoms with van der Waals surface area (Å²) in [6.45, 7) is 1.87. The molecule has 2 aliphatic rings. The lowest BCUT2D eigenvalue weighted by molar-refractivity contribution is -0.135. The minimum Gasteiger partial charge on any atom is -0.394 e. The van der Waals surface area contributed by atoms with Crippen LogP contribution in [0.4, 0.5) is 0 Å². The van der Waals surface area contributed by atoms with E-state index < -0.39 is 0 Å². The fourth-order valence-corrected chi connectivity index (χ4v) is 3.78. The molecule has 2 fully saturated rings. The fraction of sp³-hybridized carbons (Fsp3) is 0.667. The SMILES string of the molecule is O=C(NC(CO)Cc1ccncc1)C1COCCN1C1CCCC1. The lowest BCUT2D eigenvalue weighted by Gasteiger charge is -2.39. The van der Waals surface area contributed by atoms with Crippen LogP contribution >= 0.6 is 0 Å². The molecule has 1 aliphatic heterocycles. The number of hydrogen-bond acceptors (Lipinski definition) is 5. The van der Waals surface area contributed by atoms with E-state index >= 15 is 0 Å². The molecular formula is C18H27N3O3. The van der Waals surface area contributed by atoms with Crippen LogP contribution in [0.1, 0.15) is 31.2 Å². The summed E-state index contributed by atoms with van der Waals surface area (Å²) < 4.78 is 5.55. The van der Waals surface area contributed by atoms with Gasteiger partial charge in [0, 0.05) is 25.0 Å². The Morgan fingerprint density at radius 3 is 2.83 bits per heavy atom. The number of morpholine rings is 1. The minimum atomic E-state index is -0.285. The van der Waals surface area contributed by atoms with E-state index in [1.807, 2.05) is 12.1 Å². The highest BCUT2D eigenvalue weighted by molar-refractivity contribution is 5.82. The summed E-state index contributed by atoms with van der Waals surface area (Å²) in [5.74, 6) is -0.0327. The molecule has 2 unspecified atom stereocenters. The molecule has 1 saturated carbocycles. The van der Waals surface area contributed by atoms with Gasteiger partial charge in [0.1, 0.15) is 6.04 Å². The predicted molar refractivity (Wildman–Crippen MR) is 90.5 cm³/mol. The van der Waals surface area contributed by atoms with Crippen molar-refractivity contribution < 1.29 is 14.6 Å². The number of aromatic nitrogens is 1. The molecule has 0 aromatic carbocycles. The van der Waals surface area contributed by atoms with Gasteiger partial charge in [0.25, 0.3) is 0 Å². The lowest BCUT2D eigenvalue weighted by atomic mass is 10.1. The number of amides is 1. The quantitative estimate of drug-likeness (QED) is 0.803. The van der Waals surface area contributed by atoms with Crippen molar-refractivity contribution in [2.75, 3.05) is 26.4 Å². The number of nitrogens with one attached hydrogen (secondary N) is 1. The van der Waals surface area contributed by atoms with E-state index in [9.17, 15) is 9.90 Å². The first kappa shape index (κ1) is 17.3. The average Bonchev–Trinajstić information content (AvgIpc) is 3.16. The largest absolute Gasteiger partial charge is 0.394 e. The van der Waals surface area contributed by atoms with Crippen LogP contribution in [-0.2, 0) is 16.0 Å². The Kier molecular flexibility index (Phi) is 6.18. The van der Waals surface area contributed by atoms with E-state index in [0.29, 0.717) is 25.7 Å². The van der Waals surface area contributed by atoms with Gasteiger partial charge in [-0.2, -0.15) is 0 Å². The molecule has 2 atom stereocenters. The van der Waals surface area contributed by atoms with E-state index in [2.05, 4.69) is 15.2 Å². The molecule has 0 bridgehead atoms. The lowest BCUT2D eigenvalue weighted by Crippen LogP contribution is -2.58. The molecule has 132 valence electrons. The Morgan fingerprint density at radius 2 is 2.12 bits per heavy atom. The zero-order valence-electron chi connectivity index (χ0n) is 14.1. The summed E-state index contributed by atoms with van der Waals surface area (Å²) in [4.78, 5) is 19.1. The number of carbonyl (C=O) groups excluding carboxylic acids is 1. The number of nitrogens with zero attached hydrogens (tertiary/aromatic N) is 2. The Morgan fingerprint density at radius 1 is 1.38 bits per heavy atom. The van der Waals surface area contributed by atoms with Crippen molar-refractivity contribution in [1.29, 1.82) is 0 Å². The third-order valence-corrected chi connectivity index (χ3v) is 5.06. The van der Waals surface area contributed by atoms with Gasteiger partial charge in [0.2, 0.25) is 5.91 Å². The first-order chi connectivity index (χ1) is 11.8. The van der Waals surface area contributed by atoms with Crippen LogP contribution in [0, 0.1) is 0 Å². The topological polar surface area (TPSA) is 74.7 Å². The van der Waals surface area contributed by atoms with E-state index in [1.165, 1.54) is 25.7 Å². The van der Waals surface area contributed by atoms with Crippen molar-refractivity contribution in [3.63, 3.8) is 0 Å². The van der Waals surface area contributed by atoms with Crippen molar-refractivity contribution in [3.8, 4) is 0 Å². The molecule has 3 rings (SSSR count). The Labute approximate surface area is 143 Å². The molecule has 1 aliphatic carbocycles. The number of aliphatic hydroxyl groups excluding tert-OH is 1. The van der Waals surface area contributed by atoms with Gasteiger partial charge in [0.15, 0.2) is 0 Å². The molecular weight excluding hydrogens is 306 g/mol. The highest BCUT2D eigenvalue weighted by atomic mass is 16.5. The maximum Gasteiger partial charge on any atom is 0.240 e. The normalized spacial score (nSPS) is 24.0. The Balaban J connectivity index is 1.60. The van der Waals surface area contributed by atoms with Crippen molar-refractivity contribution in [3.05, 3.63) is 30.1 Å². The average molecular weight is 333 g/mol. The van der Waals surface area contributed by atoms with Gasteiger partial charge in [0.05, 0.1) is 25.9 Å². The molecule has 1 amide bonds. The van der Waals surface area contributed by atoms with E-state index in [1.54, 1.807) is 12.4 Å². The summed E-state index contributed by atoms with van der Waals surface area (Å²) in [6, 6.07) is 3.78. The van der Waals surface area contributed by atoms with Gasteiger partial charge < -0.3 is 15.2 Å². The fourth-order valence-electron chi connectivity index (χ4n) is 3.78. The highest BCUT2D eigenvalue weighted by Crippen LogP contribution is 2.26. The summed E-state index contributed by atoms with van der Waals surface area (Å²) in [5.41, 5.74) is 1.05. The smallest absolute Gasteiger partial charge is 0.240 e. The van der Waals surface area contributed by atoms with Crippen molar-refractivity contribution in [2.24, 2.45) is 0 Å². The Hall–Kier alpha value is -1.50. The van der Waals surface area contributed by atoms with Crippen LogP contribution < -0.4 is 5.32 Å². The predicted octanol–water partition coefficient (Wildman–Crippen LogP) is 0.745. The van der Waals surface area contributed by atoms with E-state index in [0.717, 1.165) is 12.1 Å². The number of hydrogen-bond donors (Lipinski definition) is 2. The highest BCUT2D eigenvalue weighted by Gasteiger charge is 2.35. The monoisotopic (exact) mass is 333 g/mol. The third-order valence-electron chi connectivity index (χ3n) is 5.06. The summed E-state index contributed by atoms with van der Waals surface area (Å²) in [7, 11) is 0. The second-order valence-corrected chi connectivity index (χ2v) is 6.71. The molecule has 0 radical (unpaired) electrons. The summed E-state index contributed by atoms with van der Waals surface area (Å²) >= 11 is 0. The second kappa shape index (κ2) is 8.55. The maximum atomic E-state index is 12.8. The van der Waals surface area contributed by atoms with Crippen molar-refractivity contribution >= 4 is 5.91 Å². The standard InChI is InChI=1S/C18H27N3O3/c22-12-15(11-14-5-7-19-8-6-14)20-18(23)17-13-24-10-9-21(17)16-3-1-2-4-16/h5-8,15-17,22H,1-4,9-13H2,(H,20,23). The van der Waals surface area contributed by atoms with Crippen LogP contribution in [0.3, 0.4) is 0 Å². The number of carbonyl (C=O) groups is 1. The van der Waals surface area contributed by atoms with Crippen LogP contribution in [0.2, 0.25) is 0 Å². The maximum absolute atomic E-state index is 12.8. The van der Waals surface area contributed by atoms with Crippen molar-refractivity contribution in [2.45, 2.75) is 50.2 Å². The molecule has 24 heavy (non-hydrogen) atoms. The molecule has 1 aromatic heterocycles. The molecule has 1 saturated heterocycles. The zero-order chi connectivity index (χ0) is 16.8. The van der Waals surface area contributed by atoms with Crippen LogP contribution in [0.25, 0.3) is 0 Å². The molecule has 0 spiro atoms. The zero-order valence-corrected chi connectivity index (χ0v) is 14.1. The molecule has 6 nitrogen and oxygen atoms in total. The summed E-state index contributed by atoms with van der Waals surface area (Å²) in [6.07, 6.45) is 8.89. The van der Waals surface area contributed by atoms with Gasteiger partial charge in [-0.05, 0) is 37.0 Å². The number of ether oxygens (including phenoxy) is 1. The molecule has 6 heteroatoms. The van der Waals surface area contributed by atoms with Gasteiger partial charge in [-0.25, -0.2) is 0 Å². The Bertz CT molecular complexity index is 520. The van der Waals surface area contributed by atoms with E-state index in [4.69, 9.17) is 4.74 Å². The van der Waals surface area contributed by atoms with E-state index in [-0.39, 0.29) is 24.6 Å². The van der Waals surface area contributed by atoms with Gasteiger partial charge in [-0.1, -0.05) is 12.8 Å². The van der Waals surface area contributed by atoms with Gasteiger partial charge >= 0.3 is 0 Å². The number of aliphatic hydroxyl groups is 1. The second-order valence-electron chi connectivity index (χ2n) is 6.71. The van der Waals surface area contributed by atoms with Crippen LogP contribution in [0.15, 0.2) is 24.5 Å². The van der Waals surface area contributed by atoms with Crippen LogP contribution in [0.5, 0.6) is 0 Å².